The molecule has 1 aromatic carbocycles. The molecular weight excluding hydrogens is 330 g/mol. The van der Waals surface area contributed by atoms with E-state index in [-0.39, 0.29) is 23.9 Å². The van der Waals surface area contributed by atoms with Gasteiger partial charge in [-0.2, -0.15) is 0 Å². The molecule has 2 fully saturated rings. The van der Waals surface area contributed by atoms with Crippen molar-refractivity contribution in [3.63, 3.8) is 0 Å². The zero-order chi connectivity index (χ0) is 17.9. The van der Waals surface area contributed by atoms with Crippen LogP contribution in [0.4, 0.5) is 0 Å². The quantitative estimate of drug-likeness (QED) is 0.615. The number of hydrogen-bond donors (Lipinski definition) is 4. The van der Waals surface area contributed by atoms with Crippen LogP contribution in [0.5, 0.6) is 0 Å². The Morgan fingerprint density at radius 1 is 1.19 bits per heavy atom. The Morgan fingerprint density at radius 3 is 2.73 bits per heavy atom. The lowest BCUT2D eigenvalue weighted by molar-refractivity contribution is -0.127. The Labute approximate surface area is 153 Å². The monoisotopic (exact) mass is 355 g/mol. The van der Waals surface area contributed by atoms with Crippen molar-refractivity contribution >= 4 is 11.8 Å². The van der Waals surface area contributed by atoms with E-state index in [1.54, 1.807) is 6.08 Å². The van der Waals surface area contributed by atoms with Crippen molar-refractivity contribution in [2.75, 3.05) is 19.6 Å². The third-order valence-electron chi connectivity index (χ3n) is 5.39. The van der Waals surface area contributed by atoms with Crippen LogP contribution in [0.3, 0.4) is 0 Å². The summed E-state index contributed by atoms with van der Waals surface area (Å²) < 4.78 is 0. The molecule has 0 radical (unpaired) electrons. The van der Waals surface area contributed by atoms with Crippen LogP contribution >= 0.6 is 0 Å². The van der Waals surface area contributed by atoms with Gasteiger partial charge in [0.05, 0.1) is 5.92 Å². The fraction of sp³-hybridized carbons (Fsp3) is 0.474. The van der Waals surface area contributed by atoms with Gasteiger partial charge in [0.2, 0.25) is 11.8 Å². The predicted molar refractivity (Wildman–Crippen MR) is 97.2 cm³/mol. The number of nitrogens with zero attached hydrogens (tertiary/aromatic N) is 1. The molecule has 7 nitrogen and oxygen atoms in total. The van der Waals surface area contributed by atoms with Gasteiger partial charge in [-0.3, -0.25) is 14.6 Å². The highest BCUT2D eigenvalue weighted by Crippen LogP contribution is 2.31. The maximum Gasteiger partial charge on any atom is 0.247 e. The highest BCUT2D eigenvalue weighted by molar-refractivity contribution is 5.90. The van der Waals surface area contributed by atoms with E-state index in [1.165, 1.54) is 0 Å². The molecule has 2 atom stereocenters. The van der Waals surface area contributed by atoms with E-state index in [2.05, 4.69) is 21.4 Å². The Bertz CT molecular complexity index is 699. The summed E-state index contributed by atoms with van der Waals surface area (Å²) in [5.74, 6) is -0.110. The normalized spacial score (nSPS) is 26.1. The molecule has 2 unspecified atom stereocenters. The molecule has 3 heterocycles. The minimum atomic E-state index is -0.326. The second kappa shape index (κ2) is 7.47. The molecule has 7 heteroatoms. The second-order valence-corrected chi connectivity index (χ2v) is 7.09. The number of amides is 2. The van der Waals surface area contributed by atoms with Crippen molar-refractivity contribution in [1.29, 1.82) is 0 Å². The van der Waals surface area contributed by atoms with Crippen LogP contribution in [-0.4, -0.2) is 42.6 Å². The first kappa shape index (κ1) is 17.1. The highest BCUT2D eigenvalue weighted by Gasteiger charge is 2.44. The Morgan fingerprint density at radius 2 is 1.96 bits per heavy atom. The molecule has 4 N–H and O–H groups in total. The lowest BCUT2D eigenvalue weighted by Crippen LogP contribution is -2.56. The average molecular weight is 355 g/mol. The number of fused-ring (bicyclic) bond motifs is 1. The topological polar surface area (TPSA) is 85.5 Å². The van der Waals surface area contributed by atoms with Gasteiger partial charge in [-0.1, -0.05) is 30.3 Å². The van der Waals surface area contributed by atoms with Crippen LogP contribution < -0.4 is 21.4 Å². The molecule has 138 valence electrons. The van der Waals surface area contributed by atoms with Crippen molar-refractivity contribution in [1.82, 2.24) is 26.4 Å². The van der Waals surface area contributed by atoms with Crippen molar-refractivity contribution in [2.45, 2.75) is 25.6 Å². The lowest BCUT2D eigenvalue weighted by Gasteiger charge is -2.38. The van der Waals surface area contributed by atoms with E-state index in [1.807, 2.05) is 35.3 Å². The van der Waals surface area contributed by atoms with Crippen LogP contribution in [0.25, 0.3) is 0 Å². The van der Waals surface area contributed by atoms with Gasteiger partial charge in [0.1, 0.15) is 6.17 Å². The zero-order valence-electron chi connectivity index (χ0n) is 14.7. The van der Waals surface area contributed by atoms with Gasteiger partial charge >= 0.3 is 0 Å². The number of carbonyl (C=O) groups is 2. The Hall–Kier alpha value is -2.38. The average Bonchev–Trinajstić information content (AvgIpc) is 3.11. The number of rotatable bonds is 4. The number of carbonyl (C=O) groups excluding carboxylic acids is 2. The van der Waals surface area contributed by atoms with Crippen LogP contribution in [0, 0.1) is 11.8 Å². The maximum absolute atomic E-state index is 12.7. The Balaban J connectivity index is 1.43. The molecule has 3 aliphatic rings. The van der Waals surface area contributed by atoms with Gasteiger partial charge in [0.25, 0.3) is 0 Å². The predicted octanol–water partition coefficient (Wildman–Crippen LogP) is 0.0786. The lowest BCUT2D eigenvalue weighted by atomic mass is 9.92. The van der Waals surface area contributed by atoms with Crippen LogP contribution in [0.1, 0.15) is 18.4 Å². The van der Waals surface area contributed by atoms with Crippen LogP contribution in [-0.2, 0) is 16.1 Å². The summed E-state index contributed by atoms with van der Waals surface area (Å²) in [6, 6.07) is 9.84. The number of nitrogens with one attached hydrogen (secondary N) is 4. The van der Waals surface area contributed by atoms with Crippen LogP contribution in [0.2, 0.25) is 0 Å². The van der Waals surface area contributed by atoms with Gasteiger partial charge in [-0.05, 0) is 31.5 Å². The molecule has 4 rings (SSSR count). The molecule has 2 amide bonds. The van der Waals surface area contributed by atoms with Gasteiger partial charge < -0.3 is 16.0 Å². The van der Waals surface area contributed by atoms with Crippen molar-refractivity contribution < 1.29 is 9.59 Å². The number of piperidine rings is 1. The largest absolute Gasteiger partial charge is 0.352 e. The number of hydrazine groups is 1. The number of allylic oxidation sites excluding steroid dienone is 1. The highest BCUT2D eigenvalue weighted by atomic mass is 16.2. The molecule has 0 aromatic heterocycles. The van der Waals surface area contributed by atoms with Crippen molar-refractivity contribution in [2.24, 2.45) is 11.8 Å². The molecule has 3 aliphatic heterocycles. The fourth-order valence-electron chi connectivity index (χ4n) is 3.98. The standard InChI is InChI=1S/C19H25N5O2/c25-17-10-16(14-6-8-20-9-7-14)24-18(23-17)15(12-22-24)19(26)21-11-13-4-2-1-3-5-13/h1-5,10,14-15,18,20,22H,6-9,11-12H2,(H,21,26)(H,23,25). The van der Waals surface area contributed by atoms with E-state index in [0.29, 0.717) is 19.0 Å². The van der Waals surface area contributed by atoms with E-state index in [0.717, 1.165) is 37.2 Å². The minimum Gasteiger partial charge on any atom is -0.352 e. The summed E-state index contributed by atoms with van der Waals surface area (Å²) in [6.45, 7) is 2.94. The SMILES string of the molecule is O=C1C=C(C2CCNCC2)N2NCC(C(=O)NCc3ccccc3)C2N1. The molecule has 0 bridgehead atoms. The summed E-state index contributed by atoms with van der Waals surface area (Å²) in [6.07, 6.45) is 3.38. The van der Waals surface area contributed by atoms with Crippen LogP contribution in [0.15, 0.2) is 42.1 Å². The molecule has 0 aliphatic carbocycles. The van der Waals surface area contributed by atoms with E-state index in [4.69, 9.17) is 0 Å². The number of benzene rings is 1. The molecule has 26 heavy (non-hydrogen) atoms. The van der Waals surface area contributed by atoms with Crippen molar-refractivity contribution in [3.05, 3.63) is 47.7 Å². The smallest absolute Gasteiger partial charge is 0.247 e. The van der Waals surface area contributed by atoms with E-state index in [9.17, 15) is 9.59 Å². The first-order valence-electron chi connectivity index (χ1n) is 9.29. The van der Waals surface area contributed by atoms with E-state index < -0.39 is 0 Å². The van der Waals surface area contributed by atoms with Gasteiger partial charge in [-0.25, -0.2) is 5.43 Å². The molecule has 1 aromatic rings. The summed E-state index contributed by atoms with van der Waals surface area (Å²) in [4.78, 5) is 24.9. The van der Waals surface area contributed by atoms with E-state index >= 15 is 0 Å². The summed E-state index contributed by atoms with van der Waals surface area (Å²) in [5.41, 5.74) is 5.40. The first-order valence-corrected chi connectivity index (χ1v) is 9.29. The summed E-state index contributed by atoms with van der Waals surface area (Å²) in [7, 11) is 0. The fourth-order valence-corrected chi connectivity index (χ4v) is 3.98. The van der Waals surface area contributed by atoms with Gasteiger partial charge in [0, 0.05) is 30.8 Å². The van der Waals surface area contributed by atoms with Gasteiger partial charge in [0.15, 0.2) is 0 Å². The number of hydrogen-bond acceptors (Lipinski definition) is 5. The molecular formula is C19H25N5O2. The molecule has 2 saturated heterocycles. The maximum atomic E-state index is 12.7. The zero-order valence-corrected chi connectivity index (χ0v) is 14.7. The third kappa shape index (κ3) is 3.45. The molecule has 0 saturated carbocycles. The van der Waals surface area contributed by atoms with Crippen molar-refractivity contribution in [3.8, 4) is 0 Å². The first-order chi connectivity index (χ1) is 12.7. The summed E-state index contributed by atoms with van der Waals surface area (Å²) >= 11 is 0. The Kier molecular flexibility index (Phi) is 4.90. The third-order valence-corrected chi connectivity index (χ3v) is 5.39. The molecule has 0 spiro atoms. The summed E-state index contributed by atoms with van der Waals surface area (Å²) in [5, 5.41) is 11.3. The van der Waals surface area contributed by atoms with Gasteiger partial charge in [-0.15, -0.1) is 0 Å². The second-order valence-electron chi connectivity index (χ2n) is 7.09. The minimum absolute atomic E-state index is 0.0410.